The highest BCUT2D eigenvalue weighted by molar-refractivity contribution is 6.29. The van der Waals surface area contributed by atoms with Crippen molar-refractivity contribution >= 4 is 29.1 Å². The standard InChI is InChI=1S/C13H17ClN2O2/c1-3-16(10(2)17)9-11-5-4-6-12(7-11)15-13(18)8-14/h4-7H,3,8-9H2,1-2H3,(H,15,18). The molecule has 0 aromatic heterocycles. The first-order valence-corrected chi connectivity index (χ1v) is 6.30. The monoisotopic (exact) mass is 268 g/mol. The van der Waals surface area contributed by atoms with Crippen LogP contribution in [-0.4, -0.2) is 29.1 Å². The van der Waals surface area contributed by atoms with Crippen LogP contribution in [0.25, 0.3) is 0 Å². The van der Waals surface area contributed by atoms with E-state index >= 15 is 0 Å². The molecule has 0 radical (unpaired) electrons. The molecule has 1 aromatic carbocycles. The fraction of sp³-hybridized carbons (Fsp3) is 0.385. The summed E-state index contributed by atoms with van der Waals surface area (Å²) in [7, 11) is 0. The second-order valence-corrected chi connectivity index (χ2v) is 4.18. The van der Waals surface area contributed by atoms with Crippen LogP contribution in [0.2, 0.25) is 0 Å². The van der Waals surface area contributed by atoms with Crippen molar-refractivity contribution in [1.82, 2.24) is 4.90 Å². The van der Waals surface area contributed by atoms with Gasteiger partial charge < -0.3 is 10.2 Å². The average Bonchev–Trinajstić information content (AvgIpc) is 2.35. The summed E-state index contributed by atoms with van der Waals surface area (Å²) in [5.41, 5.74) is 1.66. The zero-order valence-electron chi connectivity index (χ0n) is 10.6. The van der Waals surface area contributed by atoms with Gasteiger partial charge in [-0.25, -0.2) is 0 Å². The molecule has 1 aromatic rings. The number of carbonyl (C=O) groups excluding carboxylic acids is 2. The first-order valence-electron chi connectivity index (χ1n) is 5.77. The minimum Gasteiger partial charge on any atom is -0.339 e. The molecule has 0 saturated heterocycles. The van der Waals surface area contributed by atoms with E-state index in [-0.39, 0.29) is 17.7 Å². The van der Waals surface area contributed by atoms with Crippen molar-refractivity contribution in [2.45, 2.75) is 20.4 Å². The van der Waals surface area contributed by atoms with Crippen LogP contribution >= 0.6 is 11.6 Å². The van der Waals surface area contributed by atoms with E-state index in [1.54, 1.807) is 17.9 Å². The first kappa shape index (κ1) is 14.5. The molecule has 0 aliphatic heterocycles. The van der Waals surface area contributed by atoms with E-state index in [0.29, 0.717) is 18.8 Å². The van der Waals surface area contributed by atoms with E-state index in [1.165, 1.54) is 0 Å². The molecule has 0 bridgehead atoms. The summed E-state index contributed by atoms with van der Waals surface area (Å²) < 4.78 is 0. The predicted molar refractivity (Wildman–Crippen MR) is 72.6 cm³/mol. The van der Waals surface area contributed by atoms with E-state index in [4.69, 9.17) is 11.6 Å². The van der Waals surface area contributed by atoms with Gasteiger partial charge in [-0.05, 0) is 24.6 Å². The number of nitrogens with one attached hydrogen (secondary N) is 1. The van der Waals surface area contributed by atoms with Crippen molar-refractivity contribution in [2.24, 2.45) is 0 Å². The maximum absolute atomic E-state index is 11.3. The van der Waals surface area contributed by atoms with Crippen molar-refractivity contribution in [2.75, 3.05) is 17.7 Å². The van der Waals surface area contributed by atoms with Gasteiger partial charge in [-0.2, -0.15) is 0 Å². The van der Waals surface area contributed by atoms with Gasteiger partial charge in [-0.1, -0.05) is 12.1 Å². The van der Waals surface area contributed by atoms with Crippen LogP contribution in [0, 0.1) is 0 Å². The number of nitrogens with zero attached hydrogens (tertiary/aromatic N) is 1. The Bertz CT molecular complexity index is 435. The summed E-state index contributed by atoms with van der Waals surface area (Å²) in [6.07, 6.45) is 0. The van der Waals surface area contributed by atoms with Crippen LogP contribution in [0.15, 0.2) is 24.3 Å². The van der Waals surface area contributed by atoms with Gasteiger partial charge in [0.15, 0.2) is 0 Å². The van der Waals surface area contributed by atoms with Crippen LogP contribution in [-0.2, 0) is 16.1 Å². The quantitative estimate of drug-likeness (QED) is 0.833. The van der Waals surface area contributed by atoms with Crippen molar-refractivity contribution in [1.29, 1.82) is 0 Å². The summed E-state index contributed by atoms with van der Waals surface area (Å²) >= 11 is 5.43. The van der Waals surface area contributed by atoms with E-state index in [1.807, 2.05) is 25.1 Å². The molecular formula is C13H17ClN2O2. The fourth-order valence-electron chi connectivity index (χ4n) is 1.61. The van der Waals surface area contributed by atoms with Gasteiger partial charge in [-0.15, -0.1) is 11.6 Å². The lowest BCUT2D eigenvalue weighted by atomic mass is 10.2. The third kappa shape index (κ3) is 4.37. The van der Waals surface area contributed by atoms with E-state index in [2.05, 4.69) is 5.32 Å². The molecule has 0 atom stereocenters. The number of amides is 2. The lowest BCUT2D eigenvalue weighted by Crippen LogP contribution is -2.27. The van der Waals surface area contributed by atoms with Gasteiger partial charge in [-0.3, -0.25) is 9.59 Å². The van der Waals surface area contributed by atoms with E-state index in [0.717, 1.165) is 5.56 Å². The zero-order valence-corrected chi connectivity index (χ0v) is 11.3. The van der Waals surface area contributed by atoms with Gasteiger partial charge in [0.05, 0.1) is 0 Å². The second-order valence-electron chi connectivity index (χ2n) is 3.92. The fourth-order valence-corrected chi connectivity index (χ4v) is 1.67. The molecule has 0 heterocycles. The second kappa shape index (κ2) is 7.01. The molecule has 1 N–H and O–H groups in total. The Morgan fingerprint density at radius 2 is 2.11 bits per heavy atom. The number of hydrogen-bond donors (Lipinski definition) is 1. The Kier molecular flexibility index (Phi) is 5.65. The number of halogens is 1. The highest BCUT2D eigenvalue weighted by Crippen LogP contribution is 2.13. The Morgan fingerprint density at radius 1 is 1.39 bits per heavy atom. The summed E-state index contributed by atoms with van der Waals surface area (Å²) in [6, 6.07) is 7.39. The largest absolute Gasteiger partial charge is 0.339 e. The molecule has 2 amide bonds. The van der Waals surface area contributed by atoms with Gasteiger partial charge in [0, 0.05) is 25.7 Å². The lowest BCUT2D eigenvalue weighted by molar-refractivity contribution is -0.129. The Morgan fingerprint density at radius 3 is 2.67 bits per heavy atom. The molecule has 5 heteroatoms. The molecule has 0 spiro atoms. The molecule has 1 rings (SSSR count). The Labute approximate surface area is 112 Å². The molecule has 18 heavy (non-hydrogen) atoms. The van der Waals surface area contributed by atoms with E-state index in [9.17, 15) is 9.59 Å². The summed E-state index contributed by atoms with van der Waals surface area (Å²) in [5.74, 6) is -0.279. The van der Waals surface area contributed by atoms with Crippen molar-refractivity contribution in [3.63, 3.8) is 0 Å². The van der Waals surface area contributed by atoms with Gasteiger partial charge in [0.25, 0.3) is 0 Å². The highest BCUT2D eigenvalue weighted by atomic mass is 35.5. The molecule has 98 valence electrons. The SMILES string of the molecule is CCN(Cc1cccc(NC(=O)CCl)c1)C(C)=O. The minimum atomic E-state index is -0.243. The van der Waals surface area contributed by atoms with Crippen LogP contribution in [0.4, 0.5) is 5.69 Å². The molecule has 0 fully saturated rings. The van der Waals surface area contributed by atoms with Crippen LogP contribution in [0.5, 0.6) is 0 Å². The zero-order chi connectivity index (χ0) is 13.5. The summed E-state index contributed by atoms with van der Waals surface area (Å²) in [4.78, 5) is 24.2. The highest BCUT2D eigenvalue weighted by Gasteiger charge is 2.07. The third-order valence-corrected chi connectivity index (χ3v) is 2.78. The maximum atomic E-state index is 11.3. The Hall–Kier alpha value is -1.55. The lowest BCUT2D eigenvalue weighted by Gasteiger charge is -2.19. The molecule has 0 saturated carbocycles. The molecule has 0 aliphatic rings. The van der Waals surface area contributed by atoms with Crippen LogP contribution in [0.1, 0.15) is 19.4 Å². The van der Waals surface area contributed by atoms with Crippen LogP contribution < -0.4 is 5.32 Å². The molecular weight excluding hydrogens is 252 g/mol. The average molecular weight is 269 g/mol. The number of carbonyl (C=O) groups is 2. The van der Waals surface area contributed by atoms with Crippen molar-refractivity contribution < 1.29 is 9.59 Å². The smallest absolute Gasteiger partial charge is 0.239 e. The third-order valence-electron chi connectivity index (χ3n) is 2.53. The first-order chi connectivity index (χ1) is 8.56. The molecule has 0 aliphatic carbocycles. The van der Waals surface area contributed by atoms with E-state index < -0.39 is 0 Å². The van der Waals surface area contributed by atoms with Crippen molar-refractivity contribution in [3.05, 3.63) is 29.8 Å². The predicted octanol–water partition coefficient (Wildman–Crippen LogP) is 2.23. The number of rotatable bonds is 5. The van der Waals surface area contributed by atoms with Gasteiger partial charge >= 0.3 is 0 Å². The van der Waals surface area contributed by atoms with Crippen LogP contribution in [0.3, 0.4) is 0 Å². The van der Waals surface area contributed by atoms with Gasteiger partial charge in [0.2, 0.25) is 11.8 Å². The number of benzene rings is 1. The Balaban J connectivity index is 2.75. The molecule has 4 nitrogen and oxygen atoms in total. The number of hydrogen-bond acceptors (Lipinski definition) is 2. The molecule has 0 unspecified atom stereocenters. The van der Waals surface area contributed by atoms with Gasteiger partial charge in [0.1, 0.15) is 5.88 Å². The maximum Gasteiger partial charge on any atom is 0.239 e. The summed E-state index contributed by atoms with van der Waals surface area (Å²) in [5, 5.41) is 2.68. The van der Waals surface area contributed by atoms with Crippen molar-refractivity contribution in [3.8, 4) is 0 Å². The minimum absolute atomic E-state index is 0.0349. The topological polar surface area (TPSA) is 49.4 Å². The number of alkyl halides is 1. The summed E-state index contributed by atoms with van der Waals surface area (Å²) in [6.45, 7) is 4.67. The normalized spacial score (nSPS) is 9.94. The number of anilines is 1.